The third-order valence-corrected chi connectivity index (χ3v) is 3.38. The Balaban J connectivity index is 3.36. The van der Waals surface area contributed by atoms with Gasteiger partial charge >= 0.3 is 36.2 Å². The third-order valence-electron chi connectivity index (χ3n) is 3.38. The predicted molar refractivity (Wildman–Crippen MR) is 68.5 cm³/mol. The molecule has 1 rings (SSSR count). The predicted octanol–water partition coefficient (Wildman–Crippen LogP) is 5.24. The molecule has 0 heterocycles. The fourth-order valence-corrected chi connectivity index (χ4v) is 1.62. The van der Waals surface area contributed by atoms with Gasteiger partial charge in [0.15, 0.2) is 0 Å². The number of rotatable bonds is 5. The Labute approximate surface area is 149 Å². The lowest BCUT2D eigenvalue weighted by Crippen LogP contribution is -2.62. The van der Waals surface area contributed by atoms with Crippen molar-refractivity contribution >= 4 is 5.97 Å². The van der Waals surface area contributed by atoms with Gasteiger partial charge in [-0.2, -0.15) is 48.3 Å². The summed E-state index contributed by atoms with van der Waals surface area (Å²) < 4.78 is 146. The molecule has 0 saturated carbocycles. The first-order valence-electron chi connectivity index (χ1n) is 6.84. The zero-order chi connectivity index (χ0) is 22.3. The van der Waals surface area contributed by atoms with Crippen molar-refractivity contribution in [3.63, 3.8) is 0 Å². The van der Waals surface area contributed by atoms with E-state index >= 15 is 0 Å². The average molecular weight is 434 g/mol. The van der Waals surface area contributed by atoms with Crippen LogP contribution in [-0.2, 0) is 9.53 Å². The maximum Gasteiger partial charge on any atom is 0.462 e. The Bertz CT molecular complexity index is 739. The molecule has 160 valence electrons. The van der Waals surface area contributed by atoms with Gasteiger partial charge in [0.25, 0.3) is 0 Å². The van der Waals surface area contributed by atoms with Gasteiger partial charge in [-0.05, 0) is 31.0 Å². The second-order valence-electron chi connectivity index (χ2n) is 5.37. The summed E-state index contributed by atoms with van der Waals surface area (Å²) in [7, 11) is 0. The summed E-state index contributed by atoms with van der Waals surface area (Å²) in [6, 6.07) is 3.23. The van der Waals surface area contributed by atoms with E-state index in [4.69, 9.17) is 0 Å². The number of alkyl halides is 11. The number of carbonyl (C=O) groups is 1. The number of halogens is 11. The van der Waals surface area contributed by atoms with Crippen LogP contribution in [0.3, 0.4) is 0 Å². The van der Waals surface area contributed by atoms with Gasteiger partial charge in [0.1, 0.15) is 5.75 Å². The van der Waals surface area contributed by atoms with Crippen molar-refractivity contribution < 1.29 is 62.6 Å². The number of carbonyl (C=O) groups excluding carboxylic acids is 1. The number of aryl methyl sites for hydroxylation is 1. The highest BCUT2D eigenvalue weighted by Gasteiger charge is 2.80. The first-order chi connectivity index (χ1) is 12.3. The first-order valence-corrected chi connectivity index (χ1v) is 6.84. The SMILES string of the molecule is Cc1cccc(OC(=O)[C@](F)(OC(F)(F)C(F)(F)C(F)(F)F)C(F)(F)F)c1C. The molecule has 14 heteroatoms. The van der Waals surface area contributed by atoms with Crippen molar-refractivity contribution in [3.8, 4) is 5.75 Å². The van der Waals surface area contributed by atoms with Gasteiger partial charge in [-0.25, -0.2) is 4.79 Å². The molecule has 0 aromatic heterocycles. The van der Waals surface area contributed by atoms with E-state index in [0.29, 0.717) is 0 Å². The lowest BCUT2D eigenvalue weighted by molar-refractivity contribution is -0.474. The van der Waals surface area contributed by atoms with Crippen LogP contribution in [-0.4, -0.2) is 36.2 Å². The lowest BCUT2D eigenvalue weighted by atomic mass is 10.1. The fourth-order valence-electron chi connectivity index (χ4n) is 1.62. The highest BCUT2D eigenvalue weighted by Crippen LogP contribution is 2.51. The van der Waals surface area contributed by atoms with E-state index in [0.717, 1.165) is 19.1 Å². The van der Waals surface area contributed by atoms with Crippen LogP contribution in [0.25, 0.3) is 0 Å². The van der Waals surface area contributed by atoms with Crippen LogP contribution in [0.15, 0.2) is 18.2 Å². The molecule has 0 saturated heterocycles. The largest absolute Gasteiger partial charge is 0.462 e. The van der Waals surface area contributed by atoms with Gasteiger partial charge in [-0.3, -0.25) is 4.74 Å². The van der Waals surface area contributed by atoms with Gasteiger partial charge in [0.05, 0.1) is 0 Å². The molecule has 0 bridgehead atoms. The molecular weight excluding hydrogens is 425 g/mol. The van der Waals surface area contributed by atoms with Crippen molar-refractivity contribution in [2.45, 2.75) is 44.1 Å². The summed E-state index contributed by atoms with van der Waals surface area (Å²) in [5, 5.41) is 0. The molecule has 0 N–H and O–H groups in total. The van der Waals surface area contributed by atoms with E-state index in [1.165, 1.54) is 13.0 Å². The van der Waals surface area contributed by atoms with E-state index in [9.17, 15) is 53.1 Å². The van der Waals surface area contributed by atoms with Crippen LogP contribution in [0.4, 0.5) is 48.3 Å². The lowest BCUT2D eigenvalue weighted by Gasteiger charge is -2.33. The van der Waals surface area contributed by atoms with Gasteiger partial charge in [0.2, 0.25) is 0 Å². The molecule has 28 heavy (non-hydrogen) atoms. The first kappa shape index (κ1) is 23.9. The zero-order valence-corrected chi connectivity index (χ0v) is 13.6. The number of hydrogen-bond donors (Lipinski definition) is 0. The average Bonchev–Trinajstić information content (AvgIpc) is 2.48. The Hall–Kier alpha value is -2.12. The van der Waals surface area contributed by atoms with Gasteiger partial charge in [0, 0.05) is 0 Å². The summed E-state index contributed by atoms with van der Waals surface area (Å²) in [5.74, 6) is -17.7. The molecule has 0 unspecified atom stereocenters. The van der Waals surface area contributed by atoms with Gasteiger partial charge in [-0.15, -0.1) is 0 Å². The third kappa shape index (κ3) is 4.15. The molecule has 0 spiro atoms. The van der Waals surface area contributed by atoms with Crippen molar-refractivity contribution in [2.75, 3.05) is 0 Å². The fraction of sp³-hybridized carbons (Fsp3) is 0.500. The topological polar surface area (TPSA) is 35.5 Å². The van der Waals surface area contributed by atoms with Gasteiger partial charge < -0.3 is 4.74 Å². The van der Waals surface area contributed by atoms with Crippen LogP contribution < -0.4 is 4.74 Å². The molecule has 3 nitrogen and oxygen atoms in total. The minimum atomic E-state index is -7.26. The maximum absolute atomic E-state index is 14.0. The van der Waals surface area contributed by atoms with Gasteiger partial charge in [-0.1, -0.05) is 12.1 Å². The van der Waals surface area contributed by atoms with Crippen LogP contribution >= 0.6 is 0 Å². The van der Waals surface area contributed by atoms with E-state index in [2.05, 4.69) is 9.47 Å². The second kappa shape index (κ2) is 7.04. The highest BCUT2D eigenvalue weighted by molar-refractivity contribution is 5.81. The summed E-state index contributed by atoms with van der Waals surface area (Å²) in [6.45, 7) is 2.51. The standard InChI is InChI=1S/C14H9F11O3/c1-6-4-3-5-8(7(6)2)27-9(26)10(15,12(18,19)20)28-14(24,25)11(16,17)13(21,22)23/h3-5H,1-2H3/t10-/m0/s1. The Kier molecular flexibility index (Phi) is 6.02. The number of benzene rings is 1. The molecule has 0 aliphatic heterocycles. The molecule has 0 amide bonds. The van der Waals surface area contributed by atoms with E-state index < -0.39 is 42.0 Å². The molecule has 1 atom stereocenters. The number of hydrogen-bond acceptors (Lipinski definition) is 3. The van der Waals surface area contributed by atoms with E-state index in [1.807, 2.05) is 0 Å². The molecule has 1 aromatic rings. The zero-order valence-electron chi connectivity index (χ0n) is 13.6. The monoisotopic (exact) mass is 434 g/mol. The molecule has 0 fully saturated rings. The summed E-state index contributed by atoms with van der Waals surface area (Å²) in [4.78, 5) is 11.5. The van der Waals surface area contributed by atoms with Crippen molar-refractivity contribution in [1.82, 2.24) is 0 Å². The molecule has 1 aromatic carbocycles. The summed E-state index contributed by atoms with van der Waals surface area (Å²) in [5.41, 5.74) is 0.198. The molecular formula is C14H9F11O3. The Morgan fingerprint density at radius 1 is 0.821 bits per heavy atom. The number of ether oxygens (including phenoxy) is 2. The quantitative estimate of drug-likeness (QED) is 0.361. The Morgan fingerprint density at radius 3 is 1.75 bits per heavy atom. The normalized spacial score (nSPS) is 15.9. The minimum absolute atomic E-state index is 0.0762. The van der Waals surface area contributed by atoms with Crippen molar-refractivity contribution in [3.05, 3.63) is 29.3 Å². The van der Waals surface area contributed by atoms with Crippen LogP contribution in [0.5, 0.6) is 5.75 Å². The van der Waals surface area contributed by atoms with E-state index in [1.54, 1.807) is 0 Å². The second-order valence-corrected chi connectivity index (χ2v) is 5.37. The maximum atomic E-state index is 14.0. The van der Waals surface area contributed by atoms with Crippen molar-refractivity contribution in [1.29, 1.82) is 0 Å². The van der Waals surface area contributed by atoms with Crippen LogP contribution in [0.1, 0.15) is 11.1 Å². The molecule has 0 aliphatic carbocycles. The molecule has 0 radical (unpaired) electrons. The highest BCUT2D eigenvalue weighted by atomic mass is 19.4. The van der Waals surface area contributed by atoms with Crippen LogP contribution in [0.2, 0.25) is 0 Å². The smallest absolute Gasteiger partial charge is 0.422 e. The summed E-state index contributed by atoms with van der Waals surface area (Å²) >= 11 is 0. The van der Waals surface area contributed by atoms with Crippen LogP contribution in [0, 0.1) is 13.8 Å². The Morgan fingerprint density at radius 2 is 1.32 bits per heavy atom. The van der Waals surface area contributed by atoms with Crippen molar-refractivity contribution in [2.24, 2.45) is 0 Å². The number of esters is 1. The summed E-state index contributed by atoms with van der Waals surface area (Å²) in [6.07, 6.45) is -21.0. The minimum Gasteiger partial charge on any atom is -0.422 e. The molecule has 0 aliphatic rings. The van der Waals surface area contributed by atoms with E-state index in [-0.39, 0.29) is 11.1 Å².